The van der Waals surface area contributed by atoms with Gasteiger partial charge in [0, 0.05) is 29.3 Å². The van der Waals surface area contributed by atoms with E-state index in [2.05, 4.69) is 6.92 Å². The lowest BCUT2D eigenvalue weighted by molar-refractivity contribution is -0.123. The van der Waals surface area contributed by atoms with Crippen LogP contribution in [-0.2, 0) is 17.6 Å². The zero-order valence-electron chi connectivity index (χ0n) is 12.0. The molecule has 1 heterocycles. The highest BCUT2D eigenvalue weighted by molar-refractivity contribution is 6.30. The SMILES string of the molecule is CC1CCCC(C(=O)Cc2cc(Cl)cc3c2OCC3)C1. The largest absolute Gasteiger partial charge is 0.493 e. The van der Waals surface area contributed by atoms with Crippen LogP contribution in [0.5, 0.6) is 5.75 Å². The minimum atomic E-state index is 0.231. The van der Waals surface area contributed by atoms with Gasteiger partial charge in [-0.25, -0.2) is 0 Å². The molecule has 2 aliphatic rings. The van der Waals surface area contributed by atoms with Gasteiger partial charge in [-0.2, -0.15) is 0 Å². The van der Waals surface area contributed by atoms with E-state index in [0.29, 0.717) is 29.8 Å². The molecule has 0 bridgehead atoms. The van der Waals surface area contributed by atoms with E-state index in [1.165, 1.54) is 12.8 Å². The summed E-state index contributed by atoms with van der Waals surface area (Å²) in [4.78, 5) is 12.5. The first kappa shape index (κ1) is 13.9. The van der Waals surface area contributed by atoms with E-state index in [1.54, 1.807) is 0 Å². The number of benzene rings is 1. The van der Waals surface area contributed by atoms with Crippen LogP contribution in [0.4, 0.5) is 0 Å². The zero-order valence-corrected chi connectivity index (χ0v) is 12.7. The summed E-state index contributed by atoms with van der Waals surface area (Å²) in [6, 6.07) is 3.86. The van der Waals surface area contributed by atoms with E-state index < -0.39 is 0 Å². The minimum absolute atomic E-state index is 0.231. The lowest BCUT2D eigenvalue weighted by atomic mass is 9.79. The first-order chi connectivity index (χ1) is 9.63. The monoisotopic (exact) mass is 292 g/mol. The van der Waals surface area contributed by atoms with Gasteiger partial charge in [0.15, 0.2) is 0 Å². The summed E-state index contributed by atoms with van der Waals surface area (Å²) in [5.41, 5.74) is 2.13. The summed E-state index contributed by atoms with van der Waals surface area (Å²) in [6.45, 7) is 2.96. The number of carbonyl (C=O) groups excluding carboxylic acids is 1. The highest BCUT2D eigenvalue weighted by Gasteiger charge is 2.27. The maximum absolute atomic E-state index is 12.5. The van der Waals surface area contributed by atoms with Crippen molar-refractivity contribution >= 4 is 17.4 Å². The van der Waals surface area contributed by atoms with Gasteiger partial charge in [0.1, 0.15) is 11.5 Å². The van der Waals surface area contributed by atoms with Crippen LogP contribution >= 0.6 is 11.6 Å². The lowest BCUT2D eigenvalue weighted by Gasteiger charge is -2.25. The molecule has 3 rings (SSSR count). The van der Waals surface area contributed by atoms with Crippen LogP contribution in [0.1, 0.15) is 43.7 Å². The zero-order chi connectivity index (χ0) is 14.1. The van der Waals surface area contributed by atoms with Crippen molar-refractivity contribution in [1.29, 1.82) is 0 Å². The predicted molar refractivity (Wildman–Crippen MR) is 80.5 cm³/mol. The molecule has 1 aromatic carbocycles. The first-order valence-corrected chi connectivity index (χ1v) is 7.98. The van der Waals surface area contributed by atoms with Crippen molar-refractivity contribution in [3.8, 4) is 5.75 Å². The normalized spacial score (nSPS) is 25.1. The average Bonchev–Trinajstić information content (AvgIpc) is 2.86. The number of ether oxygens (including phenoxy) is 1. The molecule has 0 radical (unpaired) electrons. The van der Waals surface area contributed by atoms with Gasteiger partial charge in [0.2, 0.25) is 0 Å². The Morgan fingerprint density at radius 1 is 1.40 bits per heavy atom. The van der Waals surface area contributed by atoms with Gasteiger partial charge in [0.05, 0.1) is 6.61 Å². The van der Waals surface area contributed by atoms with Crippen molar-refractivity contribution in [1.82, 2.24) is 0 Å². The Bertz CT molecular complexity index is 524. The molecule has 3 heteroatoms. The van der Waals surface area contributed by atoms with Gasteiger partial charge in [-0.15, -0.1) is 0 Å². The van der Waals surface area contributed by atoms with Crippen LogP contribution in [0, 0.1) is 11.8 Å². The fourth-order valence-electron chi connectivity index (χ4n) is 3.54. The van der Waals surface area contributed by atoms with Crippen LogP contribution in [0.3, 0.4) is 0 Å². The first-order valence-electron chi connectivity index (χ1n) is 7.60. The van der Waals surface area contributed by atoms with Crippen molar-refractivity contribution in [3.63, 3.8) is 0 Å². The molecule has 0 amide bonds. The van der Waals surface area contributed by atoms with Crippen molar-refractivity contribution in [2.24, 2.45) is 11.8 Å². The number of halogens is 1. The van der Waals surface area contributed by atoms with Gasteiger partial charge in [-0.1, -0.05) is 31.4 Å². The number of hydrogen-bond donors (Lipinski definition) is 0. The third-order valence-electron chi connectivity index (χ3n) is 4.58. The number of carbonyl (C=O) groups is 1. The fraction of sp³-hybridized carbons (Fsp3) is 0.588. The molecule has 1 saturated carbocycles. The van der Waals surface area contributed by atoms with Gasteiger partial charge < -0.3 is 4.74 Å². The van der Waals surface area contributed by atoms with Crippen LogP contribution in [0.15, 0.2) is 12.1 Å². The Labute approximate surface area is 125 Å². The van der Waals surface area contributed by atoms with Crippen LogP contribution < -0.4 is 4.74 Å². The molecule has 0 saturated heterocycles. The second-order valence-electron chi connectivity index (χ2n) is 6.26. The van der Waals surface area contributed by atoms with Gasteiger partial charge in [-0.3, -0.25) is 4.79 Å². The molecule has 1 aliphatic carbocycles. The molecule has 1 aromatic rings. The Morgan fingerprint density at radius 2 is 2.25 bits per heavy atom. The highest BCUT2D eigenvalue weighted by Crippen LogP contribution is 2.35. The van der Waals surface area contributed by atoms with Crippen LogP contribution in [0.2, 0.25) is 5.02 Å². The van der Waals surface area contributed by atoms with E-state index in [-0.39, 0.29) is 5.92 Å². The Balaban J connectivity index is 1.76. The number of Topliss-reactive ketones (excluding diaryl/α,β-unsaturated/α-hetero) is 1. The molecule has 2 nitrogen and oxygen atoms in total. The summed E-state index contributed by atoms with van der Waals surface area (Å²) in [5, 5.41) is 0.717. The second-order valence-corrected chi connectivity index (χ2v) is 6.70. The third-order valence-corrected chi connectivity index (χ3v) is 4.80. The van der Waals surface area contributed by atoms with E-state index in [4.69, 9.17) is 16.3 Å². The third kappa shape index (κ3) is 2.85. The van der Waals surface area contributed by atoms with Crippen LogP contribution in [-0.4, -0.2) is 12.4 Å². The Kier molecular flexibility index (Phi) is 4.02. The van der Waals surface area contributed by atoms with E-state index in [9.17, 15) is 4.79 Å². The van der Waals surface area contributed by atoms with E-state index in [0.717, 1.165) is 36.1 Å². The molecule has 2 atom stereocenters. The molecule has 0 aromatic heterocycles. The van der Waals surface area contributed by atoms with Crippen molar-refractivity contribution < 1.29 is 9.53 Å². The Morgan fingerprint density at radius 3 is 3.05 bits per heavy atom. The number of rotatable bonds is 3. The molecule has 1 aliphatic heterocycles. The minimum Gasteiger partial charge on any atom is -0.493 e. The summed E-state index contributed by atoms with van der Waals surface area (Å²) in [6.07, 6.45) is 5.91. The average molecular weight is 293 g/mol. The quantitative estimate of drug-likeness (QED) is 0.834. The molecular weight excluding hydrogens is 272 g/mol. The Hall–Kier alpha value is -1.02. The number of fused-ring (bicyclic) bond motifs is 1. The molecule has 2 unspecified atom stereocenters. The molecular formula is C17H21ClO2. The standard InChI is InChI=1S/C17H21ClO2/c1-11-3-2-4-12(7-11)16(19)10-14-9-15(18)8-13-5-6-20-17(13)14/h8-9,11-12H,2-7,10H2,1H3. The smallest absolute Gasteiger partial charge is 0.140 e. The van der Waals surface area contributed by atoms with Gasteiger partial charge >= 0.3 is 0 Å². The van der Waals surface area contributed by atoms with Gasteiger partial charge in [0.25, 0.3) is 0 Å². The molecule has 0 spiro atoms. The summed E-state index contributed by atoms with van der Waals surface area (Å²) in [5.74, 6) is 2.18. The highest BCUT2D eigenvalue weighted by atomic mass is 35.5. The number of ketones is 1. The fourth-order valence-corrected chi connectivity index (χ4v) is 3.80. The van der Waals surface area contributed by atoms with Gasteiger partial charge in [-0.05, 0) is 36.5 Å². The topological polar surface area (TPSA) is 26.3 Å². The lowest BCUT2D eigenvalue weighted by Crippen LogP contribution is -2.23. The maximum atomic E-state index is 12.5. The van der Waals surface area contributed by atoms with Crippen molar-refractivity contribution in [2.75, 3.05) is 6.61 Å². The van der Waals surface area contributed by atoms with Crippen molar-refractivity contribution in [3.05, 3.63) is 28.3 Å². The molecule has 0 N–H and O–H groups in total. The molecule has 20 heavy (non-hydrogen) atoms. The molecule has 1 fully saturated rings. The van der Waals surface area contributed by atoms with Crippen LogP contribution in [0.25, 0.3) is 0 Å². The molecule has 108 valence electrons. The summed E-state index contributed by atoms with van der Waals surface area (Å²) < 4.78 is 5.68. The van der Waals surface area contributed by atoms with E-state index >= 15 is 0 Å². The second kappa shape index (κ2) is 5.77. The summed E-state index contributed by atoms with van der Waals surface area (Å²) in [7, 11) is 0. The van der Waals surface area contributed by atoms with Crippen molar-refractivity contribution in [2.45, 2.75) is 45.4 Å². The predicted octanol–water partition coefficient (Wildman–Crippen LogP) is 4.21. The maximum Gasteiger partial charge on any atom is 0.140 e. The summed E-state index contributed by atoms with van der Waals surface area (Å²) >= 11 is 6.15. The van der Waals surface area contributed by atoms with E-state index in [1.807, 2.05) is 12.1 Å². The number of hydrogen-bond acceptors (Lipinski definition) is 2.